The van der Waals surface area contributed by atoms with E-state index >= 15 is 0 Å². The summed E-state index contributed by atoms with van der Waals surface area (Å²) in [4.78, 5) is 11.9. The van der Waals surface area contributed by atoms with Crippen LogP contribution in [0.25, 0.3) is 0 Å². The molecule has 1 saturated carbocycles. The fourth-order valence-electron chi connectivity index (χ4n) is 1.99. The van der Waals surface area contributed by atoms with Gasteiger partial charge in [0.15, 0.2) is 0 Å². The Morgan fingerprint density at radius 1 is 1.40 bits per heavy atom. The van der Waals surface area contributed by atoms with Crippen LogP contribution in [-0.4, -0.2) is 18.5 Å². The lowest BCUT2D eigenvalue weighted by Crippen LogP contribution is -2.37. The molecule has 20 heavy (non-hydrogen) atoms. The van der Waals surface area contributed by atoms with E-state index in [9.17, 15) is 18.0 Å². The number of amides is 1. The molecule has 1 aromatic carbocycles. The van der Waals surface area contributed by atoms with Crippen molar-refractivity contribution in [3.8, 4) is 0 Å². The van der Waals surface area contributed by atoms with Crippen LogP contribution < -0.4 is 11.1 Å². The quantitative estimate of drug-likeness (QED) is 0.871. The third-order valence-electron chi connectivity index (χ3n) is 3.32. The van der Waals surface area contributed by atoms with E-state index in [1.54, 1.807) is 6.07 Å². The zero-order valence-electron chi connectivity index (χ0n) is 10.9. The third kappa shape index (κ3) is 3.96. The average molecular weight is 286 g/mol. The summed E-state index contributed by atoms with van der Waals surface area (Å²) in [6.07, 6.45) is -2.22. The molecule has 110 valence electrons. The van der Waals surface area contributed by atoms with E-state index in [1.165, 1.54) is 6.07 Å². The van der Waals surface area contributed by atoms with Gasteiger partial charge in [-0.25, -0.2) is 0 Å². The van der Waals surface area contributed by atoms with Crippen molar-refractivity contribution in [1.82, 2.24) is 5.32 Å². The highest BCUT2D eigenvalue weighted by atomic mass is 19.4. The van der Waals surface area contributed by atoms with Crippen molar-refractivity contribution in [2.24, 2.45) is 11.7 Å². The summed E-state index contributed by atoms with van der Waals surface area (Å²) in [5.41, 5.74) is 5.33. The Kier molecular flexibility index (Phi) is 4.32. The second-order valence-electron chi connectivity index (χ2n) is 5.12. The van der Waals surface area contributed by atoms with Crippen LogP contribution in [0.3, 0.4) is 0 Å². The van der Waals surface area contributed by atoms with Crippen molar-refractivity contribution in [3.63, 3.8) is 0 Å². The monoisotopic (exact) mass is 286 g/mol. The maximum atomic E-state index is 12.6. The van der Waals surface area contributed by atoms with Crippen LogP contribution in [0.2, 0.25) is 0 Å². The fourth-order valence-corrected chi connectivity index (χ4v) is 1.99. The van der Waals surface area contributed by atoms with E-state index < -0.39 is 17.7 Å². The number of nitrogens with one attached hydrogen (secondary N) is 1. The minimum Gasteiger partial charge on any atom is -0.353 e. The Bertz CT molecular complexity index is 484. The number of alkyl halides is 3. The van der Waals surface area contributed by atoms with E-state index in [2.05, 4.69) is 5.32 Å². The van der Waals surface area contributed by atoms with Crippen LogP contribution >= 0.6 is 0 Å². The predicted molar refractivity (Wildman–Crippen MR) is 68.9 cm³/mol. The number of halogens is 3. The van der Waals surface area contributed by atoms with Gasteiger partial charge in [0.05, 0.1) is 11.5 Å². The number of carbonyl (C=O) groups is 1. The van der Waals surface area contributed by atoms with Gasteiger partial charge in [-0.3, -0.25) is 4.79 Å². The second-order valence-corrected chi connectivity index (χ2v) is 5.12. The number of nitrogens with two attached hydrogens (primary N) is 1. The third-order valence-corrected chi connectivity index (χ3v) is 3.32. The van der Waals surface area contributed by atoms with Crippen molar-refractivity contribution in [3.05, 3.63) is 35.4 Å². The molecule has 6 heteroatoms. The molecule has 1 fully saturated rings. The molecule has 1 unspecified atom stereocenters. The molecule has 1 atom stereocenters. The molecule has 0 aromatic heterocycles. The molecular formula is C14H17F3N2O. The fraction of sp³-hybridized carbons (Fsp3) is 0.500. The molecule has 1 aliphatic carbocycles. The van der Waals surface area contributed by atoms with Crippen LogP contribution in [0.15, 0.2) is 24.3 Å². The highest BCUT2D eigenvalue weighted by Gasteiger charge is 2.31. The molecule has 0 bridgehead atoms. The van der Waals surface area contributed by atoms with E-state index in [0.29, 0.717) is 5.56 Å². The SMILES string of the molecule is NCC(Cc1cccc(C(F)(F)F)c1)C(=O)NC1CC1. The first-order valence-corrected chi connectivity index (χ1v) is 6.56. The maximum Gasteiger partial charge on any atom is 0.416 e. The van der Waals surface area contributed by atoms with Gasteiger partial charge in [-0.05, 0) is 30.9 Å². The van der Waals surface area contributed by atoms with Crippen LogP contribution in [0, 0.1) is 5.92 Å². The van der Waals surface area contributed by atoms with Crippen LogP contribution in [0.1, 0.15) is 24.0 Å². The number of carbonyl (C=O) groups excluding carboxylic acids is 1. The first kappa shape index (κ1) is 14.8. The van der Waals surface area contributed by atoms with E-state index in [4.69, 9.17) is 5.73 Å². The Morgan fingerprint density at radius 3 is 2.65 bits per heavy atom. The van der Waals surface area contributed by atoms with E-state index in [-0.39, 0.29) is 24.9 Å². The first-order valence-electron chi connectivity index (χ1n) is 6.56. The summed E-state index contributed by atoms with van der Waals surface area (Å²) in [6.45, 7) is 0.120. The molecule has 0 aliphatic heterocycles. The largest absolute Gasteiger partial charge is 0.416 e. The van der Waals surface area contributed by atoms with Gasteiger partial charge in [0.2, 0.25) is 5.91 Å². The Balaban J connectivity index is 2.04. The summed E-state index contributed by atoms with van der Waals surface area (Å²) in [6, 6.07) is 5.25. The maximum absolute atomic E-state index is 12.6. The Hall–Kier alpha value is -1.56. The van der Waals surface area contributed by atoms with Crippen molar-refractivity contribution in [2.75, 3.05) is 6.54 Å². The van der Waals surface area contributed by atoms with Crippen LogP contribution in [0.4, 0.5) is 13.2 Å². The van der Waals surface area contributed by atoms with Gasteiger partial charge in [0, 0.05) is 12.6 Å². The number of benzene rings is 1. The summed E-state index contributed by atoms with van der Waals surface area (Å²) < 4.78 is 37.9. The highest BCUT2D eigenvalue weighted by Crippen LogP contribution is 2.30. The van der Waals surface area contributed by atoms with Crippen LogP contribution in [0.5, 0.6) is 0 Å². The van der Waals surface area contributed by atoms with Crippen molar-refractivity contribution < 1.29 is 18.0 Å². The Labute approximate surface area is 115 Å². The van der Waals surface area contributed by atoms with Crippen molar-refractivity contribution in [1.29, 1.82) is 0 Å². The molecular weight excluding hydrogens is 269 g/mol. The zero-order valence-corrected chi connectivity index (χ0v) is 10.9. The predicted octanol–water partition coefficient (Wildman–Crippen LogP) is 2.10. The van der Waals surface area contributed by atoms with Crippen LogP contribution in [-0.2, 0) is 17.4 Å². The lowest BCUT2D eigenvalue weighted by Gasteiger charge is -2.15. The van der Waals surface area contributed by atoms with Crippen molar-refractivity contribution in [2.45, 2.75) is 31.5 Å². The molecule has 1 aromatic rings. The highest BCUT2D eigenvalue weighted by molar-refractivity contribution is 5.79. The van der Waals surface area contributed by atoms with E-state index in [1.807, 2.05) is 0 Å². The van der Waals surface area contributed by atoms with Gasteiger partial charge in [-0.2, -0.15) is 13.2 Å². The zero-order chi connectivity index (χ0) is 14.8. The van der Waals surface area contributed by atoms with Gasteiger partial charge >= 0.3 is 6.18 Å². The molecule has 0 radical (unpaired) electrons. The van der Waals surface area contributed by atoms with E-state index in [0.717, 1.165) is 25.0 Å². The van der Waals surface area contributed by atoms with Gasteiger partial charge in [0.1, 0.15) is 0 Å². The number of hydrogen-bond donors (Lipinski definition) is 2. The summed E-state index contributed by atoms with van der Waals surface area (Å²) in [5.74, 6) is -0.661. The smallest absolute Gasteiger partial charge is 0.353 e. The second kappa shape index (κ2) is 5.83. The first-order chi connectivity index (χ1) is 9.40. The lowest BCUT2D eigenvalue weighted by atomic mass is 9.97. The lowest BCUT2D eigenvalue weighted by molar-refractivity contribution is -0.137. The topological polar surface area (TPSA) is 55.1 Å². The molecule has 1 amide bonds. The molecule has 3 N–H and O–H groups in total. The minimum absolute atomic E-state index is 0.120. The number of rotatable bonds is 5. The van der Waals surface area contributed by atoms with Gasteiger partial charge in [-0.15, -0.1) is 0 Å². The van der Waals surface area contributed by atoms with Gasteiger partial charge in [0.25, 0.3) is 0 Å². The summed E-state index contributed by atoms with van der Waals surface area (Å²) in [5, 5.41) is 2.83. The molecule has 0 saturated heterocycles. The van der Waals surface area contributed by atoms with Gasteiger partial charge in [-0.1, -0.05) is 18.2 Å². The molecule has 1 aliphatic rings. The normalized spacial score (nSPS) is 16.8. The molecule has 2 rings (SSSR count). The standard InChI is InChI=1S/C14H17F3N2O/c15-14(16,17)11-3-1-2-9(7-11)6-10(8-18)13(20)19-12-4-5-12/h1-3,7,10,12H,4-6,8,18H2,(H,19,20). The molecule has 3 nitrogen and oxygen atoms in total. The molecule has 0 spiro atoms. The van der Waals surface area contributed by atoms with Gasteiger partial charge < -0.3 is 11.1 Å². The minimum atomic E-state index is -4.37. The Morgan fingerprint density at radius 2 is 2.10 bits per heavy atom. The summed E-state index contributed by atoms with van der Waals surface area (Å²) in [7, 11) is 0. The molecule has 0 heterocycles. The van der Waals surface area contributed by atoms with Crippen molar-refractivity contribution >= 4 is 5.91 Å². The number of hydrogen-bond acceptors (Lipinski definition) is 2. The average Bonchev–Trinajstić information content (AvgIpc) is 3.19. The summed E-state index contributed by atoms with van der Waals surface area (Å²) >= 11 is 0.